The van der Waals surface area contributed by atoms with Gasteiger partial charge >= 0.3 is 5.97 Å². The zero-order valence-electron chi connectivity index (χ0n) is 14.7. The van der Waals surface area contributed by atoms with Gasteiger partial charge in [0.2, 0.25) is 5.91 Å². The average molecular weight is 433 g/mol. The summed E-state index contributed by atoms with van der Waals surface area (Å²) >= 11 is 3.32. The maximum Gasteiger partial charge on any atom is 0.335 e. The topological polar surface area (TPSA) is 95.9 Å². The first-order valence-corrected chi connectivity index (χ1v) is 8.90. The Bertz CT molecular complexity index is 924. The van der Waals surface area contributed by atoms with E-state index >= 15 is 0 Å². The number of carboxylic acid groups (broad SMARTS) is 1. The van der Waals surface area contributed by atoms with Gasteiger partial charge in [-0.15, -0.1) is 0 Å². The molecule has 3 rings (SSSR count). The van der Waals surface area contributed by atoms with Gasteiger partial charge in [0.15, 0.2) is 5.60 Å². The summed E-state index contributed by atoms with van der Waals surface area (Å²) < 4.78 is 6.56. The van der Waals surface area contributed by atoms with Crippen molar-refractivity contribution in [2.45, 2.75) is 19.4 Å². The SMILES string of the molecule is CC1(C)Oc2ccc(C(=O)O)cc2N(CC(=O)Nc2ccc(Br)cc2)C1=O. The molecule has 0 radical (unpaired) electrons. The first-order valence-electron chi connectivity index (χ1n) is 8.11. The third-order valence-corrected chi connectivity index (χ3v) is 4.58. The number of nitrogens with zero attached hydrogens (tertiary/aromatic N) is 1. The molecule has 2 aromatic carbocycles. The second-order valence-corrected chi connectivity index (χ2v) is 7.46. The number of carbonyl (C=O) groups excluding carboxylic acids is 2. The molecule has 0 unspecified atom stereocenters. The first kappa shape index (κ1) is 18.9. The fourth-order valence-electron chi connectivity index (χ4n) is 2.73. The molecule has 2 aromatic rings. The number of fused-ring (bicyclic) bond motifs is 1. The highest BCUT2D eigenvalue weighted by Crippen LogP contribution is 2.38. The van der Waals surface area contributed by atoms with E-state index in [0.717, 1.165) is 4.47 Å². The Hall–Kier alpha value is -2.87. The molecule has 0 bridgehead atoms. The number of carbonyl (C=O) groups is 3. The van der Waals surface area contributed by atoms with Gasteiger partial charge in [0.05, 0.1) is 11.3 Å². The Morgan fingerprint density at radius 3 is 2.48 bits per heavy atom. The monoisotopic (exact) mass is 432 g/mol. The molecular weight excluding hydrogens is 416 g/mol. The molecule has 27 heavy (non-hydrogen) atoms. The lowest BCUT2D eigenvalue weighted by molar-refractivity contribution is -0.133. The summed E-state index contributed by atoms with van der Waals surface area (Å²) in [7, 11) is 0. The van der Waals surface area contributed by atoms with Crippen LogP contribution < -0.4 is 15.0 Å². The number of carboxylic acids is 1. The molecule has 0 atom stereocenters. The van der Waals surface area contributed by atoms with Crippen molar-refractivity contribution in [1.82, 2.24) is 0 Å². The molecule has 0 fully saturated rings. The minimum atomic E-state index is -1.17. The number of halogens is 1. The van der Waals surface area contributed by atoms with Crippen molar-refractivity contribution < 1.29 is 24.2 Å². The van der Waals surface area contributed by atoms with Crippen LogP contribution in [0.2, 0.25) is 0 Å². The summed E-state index contributed by atoms with van der Waals surface area (Å²) in [6, 6.07) is 11.2. The summed E-state index contributed by atoms with van der Waals surface area (Å²) in [5, 5.41) is 11.9. The minimum Gasteiger partial charge on any atom is -0.478 e. The van der Waals surface area contributed by atoms with Crippen molar-refractivity contribution in [3.05, 3.63) is 52.5 Å². The van der Waals surface area contributed by atoms with Crippen LogP contribution in [0.15, 0.2) is 46.9 Å². The molecule has 2 N–H and O–H groups in total. The van der Waals surface area contributed by atoms with Crippen molar-refractivity contribution in [3.8, 4) is 5.75 Å². The molecule has 140 valence electrons. The predicted octanol–water partition coefficient (Wildman–Crippen LogP) is 3.29. The first-order chi connectivity index (χ1) is 12.7. The van der Waals surface area contributed by atoms with Gasteiger partial charge in [-0.25, -0.2) is 4.79 Å². The van der Waals surface area contributed by atoms with Gasteiger partial charge in [-0.2, -0.15) is 0 Å². The number of hydrogen-bond acceptors (Lipinski definition) is 4. The van der Waals surface area contributed by atoms with Crippen molar-refractivity contribution in [2.24, 2.45) is 0 Å². The van der Waals surface area contributed by atoms with Gasteiger partial charge < -0.3 is 15.2 Å². The summed E-state index contributed by atoms with van der Waals surface area (Å²) in [6.45, 7) is 2.93. The van der Waals surface area contributed by atoms with Crippen LogP contribution >= 0.6 is 15.9 Å². The molecule has 0 aromatic heterocycles. The maximum absolute atomic E-state index is 12.8. The second-order valence-electron chi connectivity index (χ2n) is 6.55. The zero-order chi connectivity index (χ0) is 19.8. The van der Waals surface area contributed by atoms with Crippen LogP contribution in [0.1, 0.15) is 24.2 Å². The lowest BCUT2D eigenvalue weighted by Gasteiger charge is -2.38. The summed E-state index contributed by atoms with van der Waals surface area (Å²) in [6.07, 6.45) is 0. The Balaban J connectivity index is 1.89. The second kappa shape index (κ2) is 7.03. The number of benzene rings is 2. The number of nitrogens with one attached hydrogen (secondary N) is 1. The van der Waals surface area contributed by atoms with Crippen LogP contribution in [0.3, 0.4) is 0 Å². The van der Waals surface area contributed by atoms with E-state index in [1.165, 1.54) is 23.1 Å². The van der Waals surface area contributed by atoms with Gasteiger partial charge in [0.25, 0.3) is 5.91 Å². The molecule has 8 heteroatoms. The van der Waals surface area contributed by atoms with E-state index < -0.39 is 23.4 Å². The van der Waals surface area contributed by atoms with Gasteiger partial charge in [0.1, 0.15) is 12.3 Å². The van der Waals surface area contributed by atoms with Crippen LogP contribution in [0.25, 0.3) is 0 Å². The highest BCUT2D eigenvalue weighted by Gasteiger charge is 2.41. The number of aromatic carboxylic acids is 1. The Kier molecular flexibility index (Phi) is 4.93. The zero-order valence-corrected chi connectivity index (χ0v) is 16.2. The Morgan fingerprint density at radius 1 is 1.19 bits per heavy atom. The van der Waals surface area contributed by atoms with E-state index in [0.29, 0.717) is 11.4 Å². The number of anilines is 2. The van der Waals surface area contributed by atoms with Crippen molar-refractivity contribution in [3.63, 3.8) is 0 Å². The van der Waals surface area contributed by atoms with Gasteiger partial charge in [-0.3, -0.25) is 14.5 Å². The maximum atomic E-state index is 12.8. The van der Waals surface area contributed by atoms with Gasteiger partial charge in [-0.05, 0) is 56.3 Å². The highest BCUT2D eigenvalue weighted by molar-refractivity contribution is 9.10. The molecule has 1 aliphatic rings. The van der Waals surface area contributed by atoms with Crippen LogP contribution in [0, 0.1) is 0 Å². The number of amides is 2. The average Bonchev–Trinajstić information content (AvgIpc) is 2.60. The fourth-order valence-corrected chi connectivity index (χ4v) is 3.00. The van der Waals surface area contributed by atoms with E-state index in [1.54, 1.807) is 38.1 Å². The molecule has 7 nitrogen and oxygen atoms in total. The van der Waals surface area contributed by atoms with Crippen molar-refractivity contribution in [2.75, 3.05) is 16.8 Å². The van der Waals surface area contributed by atoms with Crippen molar-refractivity contribution >= 4 is 45.1 Å². The van der Waals surface area contributed by atoms with E-state index in [2.05, 4.69) is 21.2 Å². The molecule has 2 amide bonds. The van der Waals surface area contributed by atoms with E-state index in [1.807, 2.05) is 0 Å². The minimum absolute atomic E-state index is 0.00294. The smallest absolute Gasteiger partial charge is 0.335 e. The normalized spacial score (nSPS) is 14.9. The molecule has 0 aliphatic carbocycles. The highest BCUT2D eigenvalue weighted by atomic mass is 79.9. The van der Waals surface area contributed by atoms with Gasteiger partial charge in [0, 0.05) is 10.2 Å². The number of rotatable bonds is 4. The van der Waals surface area contributed by atoms with E-state index in [-0.39, 0.29) is 17.8 Å². The number of hydrogen-bond donors (Lipinski definition) is 2. The van der Waals surface area contributed by atoms with E-state index in [4.69, 9.17) is 4.74 Å². The fraction of sp³-hybridized carbons (Fsp3) is 0.211. The molecule has 0 saturated carbocycles. The summed E-state index contributed by atoms with van der Waals surface area (Å²) in [4.78, 5) is 37.8. The third-order valence-electron chi connectivity index (χ3n) is 4.05. The van der Waals surface area contributed by atoms with Crippen LogP contribution in [-0.4, -0.2) is 35.0 Å². The number of ether oxygens (including phenoxy) is 1. The predicted molar refractivity (Wildman–Crippen MR) is 103 cm³/mol. The standard InChI is InChI=1S/C19H17BrN2O5/c1-19(2)18(26)22(10-16(23)21-13-6-4-12(20)5-7-13)14-9-11(17(24)25)3-8-15(14)27-19/h3-9H,10H2,1-2H3,(H,21,23)(H,24,25). The largest absolute Gasteiger partial charge is 0.478 e. The molecular formula is C19H17BrN2O5. The van der Waals surface area contributed by atoms with E-state index in [9.17, 15) is 19.5 Å². The molecule has 1 aliphatic heterocycles. The lowest BCUT2D eigenvalue weighted by atomic mass is 10.0. The molecule has 0 saturated heterocycles. The molecule has 1 heterocycles. The Morgan fingerprint density at radius 2 is 1.85 bits per heavy atom. The van der Waals surface area contributed by atoms with Crippen LogP contribution in [0.4, 0.5) is 11.4 Å². The quantitative estimate of drug-likeness (QED) is 0.772. The summed E-state index contributed by atoms with van der Waals surface area (Å²) in [5.41, 5.74) is -0.327. The van der Waals surface area contributed by atoms with Crippen LogP contribution in [0.5, 0.6) is 5.75 Å². The lowest BCUT2D eigenvalue weighted by Crippen LogP contribution is -2.54. The van der Waals surface area contributed by atoms with Crippen molar-refractivity contribution in [1.29, 1.82) is 0 Å². The van der Waals surface area contributed by atoms with Crippen LogP contribution in [-0.2, 0) is 9.59 Å². The Labute approximate surface area is 164 Å². The van der Waals surface area contributed by atoms with Gasteiger partial charge in [-0.1, -0.05) is 15.9 Å². The third kappa shape index (κ3) is 3.95. The summed E-state index contributed by atoms with van der Waals surface area (Å²) in [5.74, 6) is -1.62. The molecule has 0 spiro atoms.